The van der Waals surface area contributed by atoms with Crippen LogP contribution in [0.25, 0.3) is 11.5 Å². The van der Waals surface area contributed by atoms with Gasteiger partial charge in [0.2, 0.25) is 17.7 Å². The van der Waals surface area contributed by atoms with Crippen LogP contribution >= 0.6 is 11.3 Å². The SMILES string of the molecule is CC(NC(=O)CCc1nnc(-c2ccsc2)o1)c1cccnc1. The first kappa shape index (κ1) is 15.4. The van der Waals surface area contributed by atoms with Crippen molar-refractivity contribution in [1.82, 2.24) is 20.5 Å². The van der Waals surface area contributed by atoms with Gasteiger partial charge in [0.1, 0.15) is 0 Å². The third-order valence-electron chi connectivity index (χ3n) is 3.36. The average Bonchev–Trinajstić information content (AvgIpc) is 3.25. The van der Waals surface area contributed by atoms with Gasteiger partial charge >= 0.3 is 0 Å². The van der Waals surface area contributed by atoms with Gasteiger partial charge < -0.3 is 9.73 Å². The molecule has 3 aromatic rings. The predicted molar refractivity (Wildman–Crippen MR) is 86.7 cm³/mol. The lowest BCUT2D eigenvalue weighted by molar-refractivity contribution is -0.121. The molecule has 0 fully saturated rings. The Morgan fingerprint density at radius 1 is 1.39 bits per heavy atom. The molecule has 0 radical (unpaired) electrons. The molecule has 23 heavy (non-hydrogen) atoms. The fourth-order valence-electron chi connectivity index (χ4n) is 2.11. The second-order valence-electron chi connectivity index (χ2n) is 5.09. The van der Waals surface area contributed by atoms with Crippen molar-refractivity contribution in [2.75, 3.05) is 0 Å². The summed E-state index contributed by atoms with van der Waals surface area (Å²) in [6.07, 6.45) is 4.17. The molecule has 0 spiro atoms. The molecule has 0 aliphatic heterocycles. The molecule has 0 saturated carbocycles. The van der Waals surface area contributed by atoms with Crippen LogP contribution in [0.2, 0.25) is 0 Å². The Hall–Kier alpha value is -2.54. The van der Waals surface area contributed by atoms with Gasteiger partial charge in [-0.15, -0.1) is 10.2 Å². The first-order valence-corrected chi connectivity index (χ1v) is 8.21. The van der Waals surface area contributed by atoms with E-state index in [9.17, 15) is 4.79 Å². The molecular formula is C16H16N4O2S. The van der Waals surface area contributed by atoms with Crippen LogP contribution in [0.15, 0.2) is 45.8 Å². The van der Waals surface area contributed by atoms with Crippen LogP contribution in [0.1, 0.15) is 30.8 Å². The summed E-state index contributed by atoms with van der Waals surface area (Å²) in [6, 6.07) is 5.62. The molecule has 0 saturated heterocycles. The van der Waals surface area contributed by atoms with Crippen molar-refractivity contribution >= 4 is 17.2 Å². The summed E-state index contributed by atoms with van der Waals surface area (Å²) >= 11 is 1.57. The van der Waals surface area contributed by atoms with Crippen molar-refractivity contribution < 1.29 is 9.21 Å². The van der Waals surface area contributed by atoms with Gasteiger partial charge in [0.05, 0.1) is 6.04 Å². The van der Waals surface area contributed by atoms with E-state index in [1.165, 1.54) is 0 Å². The van der Waals surface area contributed by atoms with Crippen molar-refractivity contribution in [1.29, 1.82) is 0 Å². The quantitative estimate of drug-likeness (QED) is 0.752. The fraction of sp³-hybridized carbons (Fsp3) is 0.250. The van der Waals surface area contributed by atoms with Crippen LogP contribution in [-0.4, -0.2) is 21.1 Å². The zero-order chi connectivity index (χ0) is 16.1. The van der Waals surface area contributed by atoms with Crippen LogP contribution < -0.4 is 5.32 Å². The molecule has 118 valence electrons. The predicted octanol–water partition coefficient (Wildman–Crippen LogP) is 3.00. The Balaban J connectivity index is 1.51. The normalized spacial score (nSPS) is 12.0. The van der Waals surface area contributed by atoms with Gasteiger partial charge in [0, 0.05) is 36.2 Å². The topological polar surface area (TPSA) is 80.9 Å². The van der Waals surface area contributed by atoms with Gasteiger partial charge in [-0.05, 0) is 30.0 Å². The molecular weight excluding hydrogens is 312 g/mol. The lowest BCUT2D eigenvalue weighted by Gasteiger charge is -2.13. The smallest absolute Gasteiger partial charge is 0.248 e. The maximum atomic E-state index is 12.0. The number of pyridine rings is 1. The Morgan fingerprint density at radius 2 is 2.30 bits per heavy atom. The minimum atomic E-state index is -0.0831. The number of carbonyl (C=O) groups is 1. The van der Waals surface area contributed by atoms with E-state index in [-0.39, 0.29) is 11.9 Å². The first-order valence-electron chi connectivity index (χ1n) is 7.26. The maximum Gasteiger partial charge on any atom is 0.248 e. The van der Waals surface area contributed by atoms with Crippen molar-refractivity contribution in [3.05, 3.63) is 52.8 Å². The van der Waals surface area contributed by atoms with E-state index in [4.69, 9.17) is 4.42 Å². The number of nitrogens with one attached hydrogen (secondary N) is 1. The van der Waals surface area contributed by atoms with Crippen LogP contribution in [-0.2, 0) is 11.2 Å². The van der Waals surface area contributed by atoms with E-state index < -0.39 is 0 Å². The third kappa shape index (κ3) is 4.01. The molecule has 3 rings (SSSR count). The molecule has 7 heteroatoms. The molecule has 0 aliphatic rings. The van der Waals surface area contributed by atoms with Crippen LogP contribution in [0.4, 0.5) is 0 Å². The molecule has 3 aromatic heterocycles. The van der Waals surface area contributed by atoms with Crippen LogP contribution in [0.3, 0.4) is 0 Å². The number of hydrogen-bond acceptors (Lipinski definition) is 6. The molecule has 1 N–H and O–H groups in total. The Bertz CT molecular complexity index is 756. The van der Waals surface area contributed by atoms with Crippen molar-refractivity contribution in [2.45, 2.75) is 25.8 Å². The second kappa shape index (κ2) is 7.15. The highest BCUT2D eigenvalue weighted by Crippen LogP contribution is 2.20. The Labute approximate surface area is 137 Å². The number of aryl methyl sites for hydroxylation is 1. The number of nitrogens with zero attached hydrogens (tertiary/aromatic N) is 3. The lowest BCUT2D eigenvalue weighted by Crippen LogP contribution is -2.26. The van der Waals surface area contributed by atoms with E-state index in [1.807, 2.05) is 35.9 Å². The molecule has 6 nitrogen and oxygen atoms in total. The summed E-state index contributed by atoms with van der Waals surface area (Å²) in [4.78, 5) is 16.1. The van der Waals surface area contributed by atoms with E-state index in [0.717, 1.165) is 11.1 Å². The number of aromatic nitrogens is 3. The number of hydrogen-bond donors (Lipinski definition) is 1. The van der Waals surface area contributed by atoms with Gasteiger partial charge in [0.25, 0.3) is 0 Å². The minimum absolute atomic E-state index is 0.0587. The van der Waals surface area contributed by atoms with Crippen molar-refractivity contribution in [3.63, 3.8) is 0 Å². The Morgan fingerprint density at radius 3 is 3.04 bits per heavy atom. The first-order chi connectivity index (χ1) is 11.2. The summed E-state index contributed by atoms with van der Waals surface area (Å²) in [5.74, 6) is 0.900. The molecule has 1 unspecified atom stereocenters. The third-order valence-corrected chi connectivity index (χ3v) is 4.05. The lowest BCUT2D eigenvalue weighted by atomic mass is 10.1. The average molecular weight is 328 g/mol. The van der Waals surface area contributed by atoms with Crippen LogP contribution in [0.5, 0.6) is 0 Å². The fourth-order valence-corrected chi connectivity index (χ4v) is 2.74. The molecule has 3 heterocycles. The maximum absolute atomic E-state index is 12.0. The highest BCUT2D eigenvalue weighted by Gasteiger charge is 2.13. The van der Waals surface area contributed by atoms with Crippen molar-refractivity contribution in [2.24, 2.45) is 0 Å². The van der Waals surface area contributed by atoms with E-state index in [1.54, 1.807) is 23.7 Å². The van der Waals surface area contributed by atoms with Gasteiger partial charge in [-0.2, -0.15) is 11.3 Å². The van der Waals surface area contributed by atoms with Gasteiger partial charge in [0.15, 0.2) is 0 Å². The number of thiophene rings is 1. The summed E-state index contributed by atoms with van der Waals surface area (Å²) in [6.45, 7) is 1.93. The van der Waals surface area contributed by atoms with E-state index in [2.05, 4.69) is 20.5 Å². The zero-order valence-corrected chi connectivity index (χ0v) is 13.4. The molecule has 0 aromatic carbocycles. The molecule has 1 atom stereocenters. The molecule has 0 bridgehead atoms. The summed E-state index contributed by atoms with van der Waals surface area (Å²) < 4.78 is 5.56. The van der Waals surface area contributed by atoms with Gasteiger partial charge in [-0.25, -0.2) is 0 Å². The van der Waals surface area contributed by atoms with E-state index in [0.29, 0.717) is 24.6 Å². The zero-order valence-electron chi connectivity index (χ0n) is 12.6. The molecule has 0 aliphatic carbocycles. The second-order valence-corrected chi connectivity index (χ2v) is 5.87. The summed E-state index contributed by atoms with van der Waals surface area (Å²) in [5.41, 5.74) is 1.88. The highest BCUT2D eigenvalue weighted by atomic mass is 32.1. The van der Waals surface area contributed by atoms with Crippen molar-refractivity contribution in [3.8, 4) is 11.5 Å². The minimum Gasteiger partial charge on any atom is -0.421 e. The van der Waals surface area contributed by atoms with E-state index >= 15 is 0 Å². The number of carbonyl (C=O) groups excluding carboxylic acids is 1. The summed E-state index contributed by atoms with van der Waals surface area (Å²) in [5, 5.41) is 14.8. The monoisotopic (exact) mass is 328 g/mol. The highest BCUT2D eigenvalue weighted by molar-refractivity contribution is 7.08. The largest absolute Gasteiger partial charge is 0.421 e. The Kier molecular flexibility index (Phi) is 4.77. The summed E-state index contributed by atoms with van der Waals surface area (Å²) in [7, 11) is 0. The standard InChI is InChI=1S/C16H16N4O2S/c1-11(12-3-2-7-17-9-12)18-14(21)4-5-15-19-20-16(22-15)13-6-8-23-10-13/h2-3,6-11H,4-5H2,1H3,(H,18,21). The van der Waals surface area contributed by atoms with Gasteiger partial charge in [-0.1, -0.05) is 6.07 Å². The number of amides is 1. The molecule has 1 amide bonds. The number of rotatable bonds is 6. The van der Waals surface area contributed by atoms with Crippen LogP contribution in [0, 0.1) is 0 Å². The van der Waals surface area contributed by atoms with Gasteiger partial charge in [-0.3, -0.25) is 9.78 Å².